The van der Waals surface area contributed by atoms with Gasteiger partial charge in [-0.3, -0.25) is 4.79 Å². The van der Waals surface area contributed by atoms with E-state index in [1.807, 2.05) is 0 Å². The van der Waals surface area contributed by atoms with Crippen LogP contribution in [-0.4, -0.2) is 25.1 Å². The molecule has 1 atom stereocenters. The number of benzene rings is 1. The van der Waals surface area contributed by atoms with Crippen LogP contribution >= 0.6 is 11.3 Å². The lowest BCUT2D eigenvalue weighted by Crippen LogP contribution is -2.25. The molecule has 1 aliphatic carbocycles. The highest BCUT2D eigenvalue weighted by atomic mass is 32.1. The van der Waals surface area contributed by atoms with Gasteiger partial charge in [0.05, 0.1) is 24.7 Å². The summed E-state index contributed by atoms with van der Waals surface area (Å²) in [6, 6.07) is 6.36. The van der Waals surface area contributed by atoms with Crippen LogP contribution in [0.2, 0.25) is 0 Å². The van der Waals surface area contributed by atoms with E-state index in [2.05, 4.69) is 32.9 Å². The molecule has 0 fully saturated rings. The van der Waals surface area contributed by atoms with Crippen LogP contribution in [0.25, 0.3) is 11.8 Å². The zero-order valence-electron chi connectivity index (χ0n) is 18.2. The summed E-state index contributed by atoms with van der Waals surface area (Å²) in [5, 5.41) is 30.7. The Balaban J connectivity index is 1.47. The van der Waals surface area contributed by atoms with Crippen LogP contribution in [0.1, 0.15) is 41.1 Å². The number of carbonyl (C=O) groups excluding carboxylic acids is 2. The van der Waals surface area contributed by atoms with Crippen molar-refractivity contribution in [1.29, 1.82) is 0 Å². The Kier molecular flexibility index (Phi) is 6.78. The van der Waals surface area contributed by atoms with Gasteiger partial charge in [-0.1, -0.05) is 31.2 Å². The second kappa shape index (κ2) is 9.90. The van der Waals surface area contributed by atoms with Crippen molar-refractivity contribution in [1.82, 2.24) is 0 Å². The number of fused-ring (bicyclic) bond motifs is 1. The van der Waals surface area contributed by atoms with Gasteiger partial charge in [0.15, 0.2) is 0 Å². The molecule has 1 aliphatic heterocycles. The Labute approximate surface area is 193 Å². The van der Waals surface area contributed by atoms with E-state index in [4.69, 9.17) is 9.47 Å². The van der Waals surface area contributed by atoms with Crippen LogP contribution in [0.3, 0.4) is 0 Å². The van der Waals surface area contributed by atoms with E-state index in [-0.39, 0.29) is 11.8 Å². The Bertz CT molecular complexity index is 1230. The van der Waals surface area contributed by atoms with Crippen molar-refractivity contribution < 1.29 is 24.2 Å². The van der Waals surface area contributed by atoms with Crippen LogP contribution in [0, 0.1) is 5.92 Å². The lowest BCUT2D eigenvalue weighted by Gasteiger charge is -2.18. The number of ether oxygens (including phenoxy) is 2. The first kappa shape index (κ1) is 22.6. The van der Waals surface area contributed by atoms with Gasteiger partial charge in [0.1, 0.15) is 5.00 Å². The summed E-state index contributed by atoms with van der Waals surface area (Å²) in [6.07, 6.45) is 2.60. The number of nitrogens with zero attached hydrogens (tertiary/aromatic N) is 4. The zero-order valence-corrected chi connectivity index (χ0v) is 19.0. The fraction of sp³-hybridized carbons (Fsp3) is 0.364. The number of hydrogen-bond acceptors (Lipinski definition) is 10. The molecule has 0 spiro atoms. The highest BCUT2D eigenvalue weighted by Gasteiger charge is 2.29. The molecule has 172 valence electrons. The van der Waals surface area contributed by atoms with Gasteiger partial charge in [0.2, 0.25) is 11.7 Å². The van der Waals surface area contributed by atoms with E-state index in [1.54, 1.807) is 31.2 Å². The van der Waals surface area contributed by atoms with E-state index in [0.29, 0.717) is 27.5 Å². The average molecular weight is 469 g/mol. The molecule has 2 aromatic rings. The third kappa shape index (κ3) is 5.08. The Morgan fingerprint density at radius 1 is 1.18 bits per heavy atom. The van der Waals surface area contributed by atoms with Gasteiger partial charge in [-0.25, -0.2) is 4.79 Å². The predicted octanol–water partition coefficient (Wildman–Crippen LogP) is 2.03. The molecule has 2 aliphatic rings. The van der Waals surface area contributed by atoms with E-state index in [1.165, 1.54) is 11.3 Å². The molecule has 0 unspecified atom stereocenters. The summed E-state index contributed by atoms with van der Waals surface area (Å²) in [6.45, 7) is 3.66. The summed E-state index contributed by atoms with van der Waals surface area (Å²) in [4.78, 5) is 26.1. The average Bonchev–Trinajstić information content (AvgIpc) is 3.45. The molecule has 0 saturated heterocycles. The smallest absolute Gasteiger partial charge is 0.341 e. The predicted molar refractivity (Wildman–Crippen MR) is 118 cm³/mol. The van der Waals surface area contributed by atoms with Crippen LogP contribution in [0.15, 0.2) is 44.9 Å². The van der Waals surface area contributed by atoms with E-state index >= 15 is 0 Å². The summed E-state index contributed by atoms with van der Waals surface area (Å²) >= 11 is 1.38. The largest absolute Gasteiger partial charge is 0.603 e. The molecular weight excluding hydrogens is 446 g/mol. The Morgan fingerprint density at radius 3 is 2.61 bits per heavy atom. The van der Waals surface area contributed by atoms with Crippen LogP contribution in [-0.2, 0) is 27.1 Å². The minimum absolute atomic E-state index is 0.245. The molecule has 2 heterocycles. The van der Waals surface area contributed by atoms with E-state index in [9.17, 15) is 14.7 Å². The molecule has 0 saturated carbocycles. The van der Waals surface area contributed by atoms with Gasteiger partial charge in [0, 0.05) is 10.1 Å². The maximum absolute atomic E-state index is 12.6. The molecule has 11 heteroatoms. The molecule has 33 heavy (non-hydrogen) atoms. The normalized spacial score (nSPS) is 16.4. The molecule has 1 amide bonds. The maximum Gasteiger partial charge on any atom is 0.341 e. The van der Waals surface area contributed by atoms with Crippen LogP contribution in [0.5, 0.6) is 0 Å². The molecule has 10 nitrogen and oxygen atoms in total. The molecule has 1 N–H and O–H groups in total. The topological polar surface area (TPSA) is 137 Å². The second-order valence-corrected chi connectivity index (χ2v) is 8.79. The van der Waals surface area contributed by atoms with Crippen LogP contribution < -0.4 is 20.9 Å². The number of esters is 1. The van der Waals surface area contributed by atoms with Crippen molar-refractivity contribution in [3.63, 3.8) is 0 Å². The number of amides is 1. The first-order valence-electron chi connectivity index (χ1n) is 10.5. The first-order chi connectivity index (χ1) is 16.0. The van der Waals surface area contributed by atoms with E-state index < -0.39 is 24.4 Å². The molecule has 4 rings (SSSR count). The SMILES string of the molecule is CCOC(=O)c1c(NC(=O)COC([O-])=c2ccc(=C3N=NN=N3)cc2)sc2c1CC[C@H](C)C2. The highest BCUT2D eigenvalue weighted by Crippen LogP contribution is 2.40. The van der Waals surface area contributed by atoms with Crippen molar-refractivity contribution in [3.05, 3.63) is 50.7 Å². The van der Waals surface area contributed by atoms with Gasteiger partial charge in [-0.15, -0.1) is 21.6 Å². The summed E-state index contributed by atoms with van der Waals surface area (Å²) in [7, 11) is 0. The van der Waals surface area contributed by atoms with Crippen molar-refractivity contribution >= 4 is 40.0 Å². The van der Waals surface area contributed by atoms with Crippen molar-refractivity contribution in [2.75, 3.05) is 18.5 Å². The van der Waals surface area contributed by atoms with Gasteiger partial charge in [0.25, 0.3) is 0 Å². The zero-order chi connectivity index (χ0) is 23.4. The number of hydrogen-bond donors (Lipinski definition) is 1. The number of thiophene rings is 1. The summed E-state index contributed by atoms with van der Waals surface area (Å²) < 4.78 is 10.3. The molecule has 1 aromatic heterocycles. The minimum atomic E-state index is -0.652. The number of anilines is 1. The third-order valence-electron chi connectivity index (χ3n) is 5.28. The summed E-state index contributed by atoms with van der Waals surface area (Å²) in [5.74, 6) is -0.767. The maximum atomic E-state index is 12.6. The number of carbonyl (C=O) groups is 2. The molecule has 1 aromatic carbocycles. The Morgan fingerprint density at radius 2 is 1.91 bits per heavy atom. The molecule has 0 radical (unpaired) electrons. The molecular formula is C22H22N5O5S-. The van der Waals surface area contributed by atoms with Crippen molar-refractivity contribution in [3.8, 4) is 0 Å². The van der Waals surface area contributed by atoms with Gasteiger partial charge < -0.3 is 19.9 Å². The standard InChI is InChI=1S/C22H23N5O5S/c1-3-31-22(30)18-15-9-4-12(2)10-16(15)33-20(18)23-17(28)11-32-21(29)14-7-5-13(6-8-14)19-24-26-27-25-19/h5-8,12,29H,3-4,9-11H2,1-2H3,(H,23,28)/p-1/t12-/m0/s1. The van der Waals surface area contributed by atoms with Crippen molar-refractivity contribution in [2.45, 2.75) is 33.1 Å². The monoisotopic (exact) mass is 468 g/mol. The first-order valence-corrected chi connectivity index (χ1v) is 11.4. The lowest BCUT2D eigenvalue weighted by atomic mass is 9.88. The molecule has 0 bridgehead atoms. The minimum Gasteiger partial charge on any atom is -0.603 e. The van der Waals surface area contributed by atoms with Crippen LogP contribution in [0.4, 0.5) is 5.00 Å². The second-order valence-electron chi connectivity index (χ2n) is 7.68. The quantitative estimate of drug-likeness (QED) is 0.647. The number of nitrogens with one attached hydrogen (secondary N) is 1. The fourth-order valence-corrected chi connectivity index (χ4v) is 5.07. The van der Waals surface area contributed by atoms with Gasteiger partial charge >= 0.3 is 5.97 Å². The fourth-order valence-electron chi connectivity index (χ4n) is 3.65. The van der Waals surface area contributed by atoms with Gasteiger partial charge in [-0.2, -0.15) is 0 Å². The number of rotatable bonds is 6. The summed E-state index contributed by atoms with van der Waals surface area (Å²) in [5.41, 5.74) is 1.36. The van der Waals surface area contributed by atoms with Gasteiger partial charge in [-0.05, 0) is 53.3 Å². The van der Waals surface area contributed by atoms with E-state index in [0.717, 1.165) is 29.7 Å². The Hall–Kier alpha value is -3.60. The lowest BCUT2D eigenvalue weighted by molar-refractivity contribution is -0.290. The van der Waals surface area contributed by atoms with Crippen molar-refractivity contribution in [2.24, 2.45) is 26.6 Å². The highest BCUT2D eigenvalue weighted by molar-refractivity contribution is 7.17. The third-order valence-corrected chi connectivity index (χ3v) is 6.45.